The van der Waals surface area contributed by atoms with Crippen LogP contribution in [-0.2, 0) is 0 Å². The van der Waals surface area contributed by atoms with Crippen molar-refractivity contribution in [3.8, 4) is 0 Å². The summed E-state index contributed by atoms with van der Waals surface area (Å²) in [7, 11) is 0. The fourth-order valence-corrected chi connectivity index (χ4v) is 2.54. The first-order chi connectivity index (χ1) is 6.93. The van der Waals surface area contributed by atoms with E-state index in [4.69, 9.17) is 0 Å². The topological polar surface area (TPSA) is 15.6 Å². The lowest BCUT2D eigenvalue weighted by molar-refractivity contribution is 0.558. The van der Waals surface area contributed by atoms with Crippen molar-refractivity contribution in [2.75, 3.05) is 6.54 Å². The quantitative estimate of drug-likeness (QED) is 0.695. The molecule has 2 nitrogen and oxygen atoms in total. The molecule has 0 radical (unpaired) electrons. The number of hydrogen-bond donors (Lipinski definition) is 0. The van der Waals surface area contributed by atoms with E-state index in [0.717, 1.165) is 11.7 Å². The average Bonchev–Trinajstić information content (AvgIpc) is 2.78. The summed E-state index contributed by atoms with van der Waals surface area (Å²) in [6.45, 7) is 0.989. The predicted molar refractivity (Wildman–Crippen MR) is 60.1 cm³/mol. The standard InChI is InChI=1S/C11H10N2S/c1-2-4-9(5-3-1)10-8-13-6-7-14-11(13)12-10/h1-7,10H,8H2. The van der Waals surface area contributed by atoms with Crippen molar-refractivity contribution < 1.29 is 0 Å². The molecule has 0 saturated heterocycles. The molecule has 1 atom stereocenters. The summed E-state index contributed by atoms with van der Waals surface area (Å²) in [5.41, 5.74) is 1.31. The molecule has 1 unspecified atom stereocenters. The van der Waals surface area contributed by atoms with Crippen LogP contribution in [0.2, 0.25) is 0 Å². The third kappa shape index (κ3) is 1.24. The van der Waals surface area contributed by atoms with E-state index in [1.807, 2.05) is 6.07 Å². The first kappa shape index (κ1) is 8.12. The third-order valence-electron chi connectivity index (χ3n) is 2.48. The lowest BCUT2D eigenvalue weighted by atomic mass is 10.1. The van der Waals surface area contributed by atoms with Gasteiger partial charge in [0.15, 0.2) is 5.17 Å². The minimum atomic E-state index is 0.323. The number of aliphatic imine (C=N–C) groups is 1. The molecule has 2 aliphatic rings. The molecule has 0 aliphatic carbocycles. The highest BCUT2D eigenvalue weighted by Gasteiger charge is 2.26. The minimum absolute atomic E-state index is 0.323. The Morgan fingerprint density at radius 2 is 2.14 bits per heavy atom. The maximum absolute atomic E-state index is 4.66. The number of nitrogens with zero attached hydrogens (tertiary/aromatic N) is 2. The van der Waals surface area contributed by atoms with Crippen molar-refractivity contribution in [2.45, 2.75) is 6.04 Å². The lowest BCUT2D eigenvalue weighted by Crippen LogP contribution is -2.15. The average molecular weight is 202 g/mol. The number of thioether (sulfide) groups is 1. The zero-order valence-electron chi connectivity index (χ0n) is 7.63. The second kappa shape index (κ2) is 3.17. The smallest absolute Gasteiger partial charge is 0.168 e. The van der Waals surface area contributed by atoms with Crippen LogP contribution in [0.15, 0.2) is 46.9 Å². The van der Waals surface area contributed by atoms with Crippen molar-refractivity contribution >= 4 is 16.9 Å². The number of benzene rings is 1. The molecule has 3 heteroatoms. The molecule has 0 spiro atoms. The van der Waals surface area contributed by atoms with Gasteiger partial charge in [0.2, 0.25) is 0 Å². The molecule has 0 aromatic heterocycles. The molecular formula is C11H10N2S. The number of rotatable bonds is 1. The number of fused-ring (bicyclic) bond motifs is 1. The molecule has 3 rings (SSSR count). The monoisotopic (exact) mass is 202 g/mol. The maximum atomic E-state index is 4.66. The Kier molecular flexibility index (Phi) is 1.84. The van der Waals surface area contributed by atoms with Crippen LogP contribution in [0.4, 0.5) is 0 Å². The van der Waals surface area contributed by atoms with Gasteiger partial charge in [0.25, 0.3) is 0 Å². The van der Waals surface area contributed by atoms with Gasteiger partial charge in [0, 0.05) is 6.20 Å². The first-order valence-electron chi connectivity index (χ1n) is 4.66. The summed E-state index contributed by atoms with van der Waals surface area (Å²) in [5, 5.41) is 3.22. The van der Waals surface area contributed by atoms with Gasteiger partial charge in [0.1, 0.15) is 0 Å². The molecule has 2 aliphatic heterocycles. The second-order valence-electron chi connectivity index (χ2n) is 3.39. The lowest BCUT2D eigenvalue weighted by Gasteiger charge is -2.10. The number of hydrogen-bond acceptors (Lipinski definition) is 3. The summed E-state index contributed by atoms with van der Waals surface area (Å²) >= 11 is 1.71. The van der Waals surface area contributed by atoms with Crippen molar-refractivity contribution in [3.63, 3.8) is 0 Å². The van der Waals surface area contributed by atoms with Gasteiger partial charge in [-0.1, -0.05) is 42.1 Å². The largest absolute Gasteiger partial charge is 0.325 e. The van der Waals surface area contributed by atoms with Crippen LogP contribution in [0, 0.1) is 0 Å². The van der Waals surface area contributed by atoms with E-state index in [1.165, 1.54) is 5.56 Å². The van der Waals surface area contributed by atoms with Gasteiger partial charge < -0.3 is 4.90 Å². The van der Waals surface area contributed by atoms with Crippen LogP contribution >= 0.6 is 11.8 Å². The second-order valence-corrected chi connectivity index (χ2v) is 4.27. The van der Waals surface area contributed by atoms with Gasteiger partial charge in [-0.25, -0.2) is 0 Å². The summed E-state index contributed by atoms with van der Waals surface area (Å²) in [5.74, 6) is 0. The first-order valence-corrected chi connectivity index (χ1v) is 5.54. The molecule has 0 N–H and O–H groups in total. The SMILES string of the molecule is C1=CN2CC(c3ccccc3)N=C2S1. The van der Waals surface area contributed by atoms with E-state index in [2.05, 4.69) is 45.8 Å². The van der Waals surface area contributed by atoms with E-state index in [0.29, 0.717) is 6.04 Å². The molecule has 1 aromatic rings. The van der Waals surface area contributed by atoms with Gasteiger partial charge in [-0.3, -0.25) is 4.99 Å². The summed E-state index contributed by atoms with van der Waals surface area (Å²) in [4.78, 5) is 6.87. The molecule has 2 heterocycles. The molecule has 0 saturated carbocycles. The molecule has 14 heavy (non-hydrogen) atoms. The van der Waals surface area contributed by atoms with Gasteiger partial charge in [-0.15, -0.1) is 0 Å². The van der Waals surface area contributed by atoms with E-state index < -0.39 is 0 Å². The van der Waals surface area contributed by atoms with E-state index in [9.17, 15) is 0 Å². The Bertz CT molecular complexity index is 397. The zero-order valence-corrected chi connectivity index (χ0v) is 8.45. The van der Waals surface area contributed by atoms with Crippen LogP contribution in [0.1, 0.15) is 11.6 Å². The van der Waals surface area contributed by atoms with Gasteiger partial charge in [0.05, 0.1) is 12.6 Å². The van der Waals surface area contributed by atoms with Crippen LogP contribution in [0.3, 0.4) is 0 Å². The minimum Gasteiger partial charge on any atom is -0.325 e. The van der Waals surface area contributed by atoms with Crippen molar-refractivity contribution in [2.24, 2.45) is 4.99 Å². The Balaban J connectivity index is 1.88. The molecule has 70 valence electrons. The van der Waals surface area contributed by atoms with Crippen LogP contribution in [0.25, 0.3) is 0 Å². The Labute approximate surface area is 87.3 Å². The zero-order chi connectivity index (χ0) is 9.38. The van der Waals surface area contributed by atoms with Crippen LogP contribution < -0.4 is 0 Å². The maximum Gasteiger partial charge on any atom is 0.168 e. The highest BCUT2D eigenvalue weighted by Crippen LogP contribution is 2.32. The van der Waals surface area contributed by atoms with Crippen LogP contribution in [-0.4, -0.2) is 16.6 Å². The van der Waals surface area contributed by atoms with Crippen molar-refractivity contribution in [3.05, 3.63) is 47.5 Å². The third-order valence-corrected chi connectivity index (χ3v) is 3.29. The molecule has 0 amide bonds. The summed E-state index contributed by atoms with van der Waals surface area (Å²) in [6.07, 6.45) is 2.10. The van der Waals surface area contributed by atoms with Crippen LogP contribution in [0.5, 0.6) is 0 Å². The molecule has 0 bridgehead atoms. The Morgan fingerprint density at radius 3 is 2.93 bits per heavy atom. The predicted octanol–water partition coefficient (Wildman–Crippen LogP) is 2.62. The fraction of sp³-hybridized carbons (Fsp3) is 0.182. The van der Waals surface area contributed by atoms with Gasteiger partial charge in [-0.2, -0.15) is 0 Å². The molecular weight excluding hydrogens is 192 g/mol. The Hall–Kier alpha value is -1.22. The van der Waals surface area contributed by atoms with Gasteiger partial charge >= 0.3 is 0 Å². The van der Waals surface area contributed by atoms with Crippen molar-refractivity contribution in [1.29, 1.82) is 0 Å². The Morgan fingerprint density at radius 1 is 1.29 bits per heavy atom. The van der Waals surface area contributed by atoms with Gasteiger partial charge in [-0.05, 0) is 11.0 Å². The van der Waals surface area contributed by atoms with E-state index >= 15 is 0 Å². The van der Waals surface area contributed by atoms with Crippen molar-refractivity contribution in [1.82, 2.24) is 4.90 Å². The van der Waals surface area contributed by atoms with E-state index in [-0.39, 0.29) is 0 Å². The normalized spacial score (nSPS) is 23.9. The molecule has 0 fully saturated rings. The fourth-order valence-electron chi connectivity index (χ4n) is 1.76. The molecule has 1 aromatic carbocycles. The highest BCUT2D eigenvalue weighted by molar-refractivity contribution is 8.16. The highest BCUT2D eigenvalue weighted by atomic mass is 32.2. The van der Waals surface area contributed by atoms with E-state index in [1.54, 1.807) is 11.8 Å². The number of amidine groups is 1. The summed E-state index contributed by atoms with van der Waals surface area (Å²) < 4.78 is 0. The summed E-state index contributed by atoms with van der Waals surface area (Å²) in [6, 6.07) is 10.8.